The molecule has 0 bridgehead atoms. The SMILES string of the molecule is C.C.CCCCCCCCC/C=C/CCCCCCCCCC(=O)OCC[S-].CCCCCCCCC/C=C/CCCCCCCCCC(=O)OCC[S-].CCCCCCCCC/C=C/CCCCCCCCCC(=O)OCC[S-].CCCCCCCCC/C=C/CCCCCCCCCC(=O)OCC[S-].S.[Sn+2].[Sn+2]. The van der Waals surface area contributed by atoms with Gasteiger partial charge in [0.2, 0.25) is 0 Å². The van der Waals surface area contributed by atoms with E-state index >= 15 is 0 Å². The van der Waals surface area contributed by atoms with Crippen LogP contribution in [0.4, 0.5) is 0 Å². The number of rotatable bonds is 80. The zero-order chi connectivity index (χ0) is 76.5. The van der Waals surface area contributed by atoms with Crippen molar-refractivity contribution in [2.24, 2.45) is 0 Å². The van der Waals surface area contributed by atoms with Crippen molar-refractivity contribution in [3.8, 4) is 0 Å². The van der Waals surface area contributed by atoms with Gasteiger partial charge in [-0.25, -0.2) is 0 Å². The van der Waals surface area contributed by atoms with Gasteiger partial charge in [-0.15, -0.1) is 23.0 Å². The molecule has 8 nitrogen and oxygen atoms in total. The van der Waals surface area contributed by atoms with E-state index in [0.717, 1.165) is 51.4 Å². The first-order chi connectivity index (χ1) is 51.2. The molecule has 0 aliphatic rings. The molecule has 0 amide bonds. The molecule has 0 saturated heterocycles. The molecule has 15 heteroatoms. The monoisotopic (exact) mass is 1840 g/mol. The van der Waals surface area contributed by atoms with Gasteiger partial charge in [-0.2, -0.15) is 13.5 Å². The van der Waals surface area contributed by atoms with E-state index in [4.69, 9.17) is 69.5 Å². The Morgan fingerprint density at radius 1 is 0.202 bits per heavy atom. The van der Waals surface area contributed by atoms with Gasteiger partial charge < -0.3 is 69.5 Å². The van der Waals surface area contributed by atoms with Gasteiger partial charge >= 0.3 is 71.7 Å². The average Bonchev–Trinajstić information content (AvgIpc) is 2.78. The molecule has 0 N–H and O–H groups in total. The summed E-state index contributed by atoms with van der Waals surface area (Å²) in [4.78, 5) is 45.2. The van der Waals surface area contributed by atoms with E-state index in [-0.39, 0.29) is 100 Å². The molecule has 0 unspecified atom stereocenters. The van der Waals surface area contributed by atoms with Crippen LogP contribution in [-0.2, 0) is 88.6 Å². The Balaban J connectivity index is -0.000000172. The van der Waals surface area contributed by atoms with Gasteiger partial charge in [-0.1, -0.05) is 374 Å². The topological polar surface area (TPSA) is 105 Å². The number of hydrogen-bond donors (Lipinski definition) is 0. The Labute approximate surface area is 744 Å². The minimum absolute atomic E-state index is 0. The van der Waals surface area contributed by atoms with E-state index in [0.29, 0.717) is 75.1 Å². The summed E-state index contributed by atoms with van der Waals surface area (Å²) >= 11 is 19.0. The minimum atomic E-state index is -0.0851. The standard InChI is InChI=1S/4C23H44O2S.2CH4.H2S.2Sn/c4*1-2-3-4-5-6-7-8-9-10-11-12-13-14-15-16-17-18-19-20-23(24)25-21-22-26;;;;;/h4*10-11,26H,2-9,12-22H2,1H3;2*1H4;1H2;;/q;;;;;;;2*+2/p-4/b4*11-10+;;;;;. The van der Waals surface area contributed by atoms with Crippen LogP contribution in [0.15, 0.2) is 48.6 Å². The molecule has 0 spiro atoms. The quantitative estimate of drug-likeness (QED) is 0.0145. The molecule has 109 heavy (non-hydrogen) atoms. The van der Waals surface area contributed by atoms with Gasteiger partial charge in [0.25, 0.3) is 0 Å². The third-order valence-electron chi connectivity index (χ3n) is 19.0. The molecule has 0 aromatic heterocycles. The van der Waals surface area contributed by atoms with Gasteiger partial charge in [0.1, 0.15) is 0 Å². The number of allylic oxidation sites excluding steroid dienone is 8. The van der Waals surface area contributed by atoms with Gasteiger partial charge in [-0.3, -0.25) is 19.2 Å². The van der Waals surface area contributed by atoms with E-state index in [1.54, 1.807) is 0 Å². The fourth-order valence-electron chi connectivity index (χ4n) is 12.4. The van der Waals surface area contributed by atoms with Crippen LogP contribution < -0.4 is 0 Å². The largest absolute Gasteiger partial charge is 2.00 e. The van der Waals surface area contributed by atoms with Crippen LogP contribution in [0.3, 0.4) is 0 Å². The van der Waals surface area contributed by atoms with E-state index in [9.17, 15) is 19.2 Å². The van der Waals surface area contributed by atoms with Crippen LogP contribution in [0.25, 0.3) is 0 Å². The van der Waals surface area contributed by atoms with Gasteiger partial charge in [0.15, 0.2) is 0 Å². The molecule has 0 aromatic rings. The molecule has 4 radical (unpaired) electrons. The Kier molecular flexibility index (Phi) is 145. The normalized spacial score (nSPS) is 10.8. The summed E-state index contributed by atoms with van der Waals surface area (Å²) in [7, 11) is 0. The summed E-state index contributed by atoms with van der Waals surface area (Å²) in [6.07, 6.45) is 105. The zero-order valence-electron chi connectivity index (χ0n) is 70.8. The zero-order valence-corrected chi connectivity index (χ0v) is 80.7. The van der Waals surface area contributed by atoms with Gasteiger partial charge in [0, 0.05) is 25.7 Å². The van der Waals surface area contributed by atoms with Crippen LogP contribution in [0, 0.1) is 0 Å². The second kappa shape index (κ2) is 124. The number of esters is 4. The van der Waals surface area contributed by atoms with Crippen molar-refractivity contribution < 1.29 is 38.1 Å². The van der Waals surface area contributed by atoms with Crippen molar-refractivity contribution in [3.05, 3.63) is 48.6 Å². The first-order valence-electron chi connectivity index (χ1n) is 44.8. The molecule has 0 aliphatic carbocycles. The summed E-state index contributed by atoms with van der Waals surface area (Å²) in [5.74, 6) is 1.66. The number of ether oxygens (including phenoxy) is 4. The van der Waals surface area contributed by atoms with Crippen molar-refractivity contribution in [2.45, 2.75) is 479 Å². The smallest absolute Gasteiger partial charge is 0.789 e. The fourth-order valence-corrected chi connectivity index (χ4v) is 12.7. The third-order valence-corrected chi connectivity index (χ3v) is 19.6. The molecular formula is C94H182O8S5Sn2. The van der Waals surface area contributed by atoms with Crippen molar-refractivity contribution in [1.82, 2.24) is 0 Å². The van der Waals surface area contributed by atoms with E-state index in [1.807, 2.05) is 0 Å². The van der Waals surface area contributed by atoms with Crippen molar-refractivity contribution in [2.75, 3.05) is 49.4 Å². The first kappa shape index (κ1) is 127. The van der Waals surface area contributed by atoms with Crippen molar-refractivity contribution in [3.63, 3.8) is 0 Å². The summed E-state index contributed by atoms with van der Waals surface area (Å²) in [5.41, 5.74) is 0. The van der Waals surface area contributed by atoms with Crippen LogP contribution in [0.5, 0.6) is 0 Å². The summed E-state index contributed by atoms with van der Waals surface area (Å²) in [6, 6.07) is 0. The van der Waals surface area contributed by atoms with Crippen LogP contribution in [-0.4, -0.2) is 121 Å². The Bertz CT molecular complexity index is 1530. The summed E-state index contributed by atoms with van der Waals surface area (Å²) in [6.45, 7) is 10.7. The molecule has 644 valence electrons. The Morgan fingerprint density at radius 3 is 0.431 bits per heavy atom. The molecule has 0 rings (SSSR count). The van der Waals surface area contributed by atoms with Crippen molar-refractivity contribution >= 4 is 136 Å². The van der Waals surface area contributed by atoms with Crippen LogP contribution >= 0.6 is 13.5 Å². The maximum Gasteiger partial charge on any atom is 2.00 e. The number of unbranched alkanes of at least 4 members (excludes halogenated alkanes) is 56. The van der Waals surface area contributed by atoms with Crippen LogP contribution in [0.1, 0.15) is 479 Å². The van der Waals surface area contributed by atoms with E-state index < -0.39 is 0 Å². The van der Waals surface area contributed by atoms with E-state index in [1.165, 1.54) is 360 Å². The van der Waals surface area contributed by atoms with E-state index in [2.05, 4.69) is 76.3 Å². The Hall–Kier alpha value is 0.187. The second-order valence-corrected chi connectivity index (χ2v) is 30.9. The second-order valence-electron chi connectivity index (χ2n) is 29.3. The first-order valence-corrected chi connectivity index (χ1v) is 47.1. The summed E-state index contributed by atoms with van der Waals surface area (Å²) in [5, 5.41) is 0. The molecule has 0 saturated carbocycles. The van der Waals surface area contributed by atoms with Crippen LogP contribution in [0.2, 0.25) is 0 Å². The summed E-state index contributed by atoms with van der Waals surface area (Å²) < 4.78 is 19.9. The third kappa shape index (κ3) is 132. The molecule has 0 aromatic carbocycles. The predicted molar refractivity (Wildman–Crippen MR) is 501 cm³/mol. The molecule has 0 fully saturated rings. The van der Waals surface area contributed by atoms with Gasteiger partial charge in [-0.05, 0) is 128 Å². The average molecular weight is 1840 g/mol. The minimum Gasteiger partial charge on any atom is -0.789 e. The maximum absolute atomic E-state index is 11.3. The number of carbonyl (C=O) groups is 4. The van der Waals surface area contributed by atoms with Gasteiger partial charge in [0.05, 0.1) is 26.4 Å². The molecule has 0 atom stereocenters. The maximum atomic E-state index is 11.3. The number of carbonyl (C=O) groups excluding carboxylic acids is 4. The molecule has 0 aliphatic heterocycles. The van der Waals surface area contributed by atoms with Crippen molar-refractivity contribution in [1.29, 1.82) is 0 Å². The predicted octanol–water partition coefficient (Wildman–Crippen LogP) is 29.8. The fraction of sp³-hybridized carbons (Fsp3) is 0.872. The molecular weight excluding hydrogens is 1650 g/mol. The number of hydrogen-bond acceptors (Lipinski definition) is 12. The Morgan fingerprint density at radius 2 is 0.312 bits per heavy atom. The molecule has 0 heterocycles.